The van der Waals surface area contributed by atoms with Crippen LogP contribution in [0.2, 0.25) is 0 Å². The van der Waals surface area contributed by atoms with Crippen molar-refractivity contribution >= 4 is 33.2 Å². The maximum atomic E-state index is 12.9. The minimum absolute atomic E-state index is 0.394. The van der Waals surface area contributed by atoms with E-state index in [9.17, 15) is 4.79 Å². The Balaban J connectivity index is 1.82. The third-order valence-electron chi connectivity index (χ3n) is 4.11. The van der Waals surface area contributed by atoms with Crippen molar-refractivity contribution in [1.29, 1.82) is 0 Å². The van der Waals surface area contributed by atoms with Gasteiger partial charge in [0.15, 0.2) is 0 Å². The number of benzene rings is 3. The van der Waals surface area contributed by atoms with E-state index in [-0.39, 0.29) is 0 Å². The van der Waals surface area contributed by atoms with E-state index in [1.165, 1.54) is 0 Å². The number of hydrogen-bond donors (Lipinski definition) is 0. The predicted molar refractivity (Wildman–Crippen MR) is 104 cm³/mol. The molecule has 0 spiro atoms. The number of halogens is 1. The van der Waals surface area contributed by atoms with Crippen molar-refractivity contribution in [2.75, 3.05) is 0 Å². The molecule has 0 fully saturated rings. The first-order chi connectivity index (χ1) is 12.7. The van der Waals surface area contributed by atoms with Crippen molar-refractivity contribution in [3.8, 4) is 0 Å². The van der Waals surface area contributed by atoms with Gasteiger partial charge in [-0.05, 0) is 17.7 Å². The van der Waals surface area contributed by atoms with Crippen LogP contribution in [0.15, 0.2) is 89.4 Å². The molecular weight excluding hydrogens is 392 g/mol. The van der Waals surface area contributed by atoms with Crippen LogP contribution in [0.1, 0.15) is 23.0 Å². The maximum absolute atomic E-state index is 12.9. The van der Waals surface area contributed by atoms with Gasteiger partial charge in [0.25, 0.3) is 6.29 Å². The molecule has 0 amide bonds. The van der Waals surface area contributed by atoms with E-state index in [0.717, 1.165) is 21.2 Å². The molecule has 0 saturated heterocycles. The fraction of sp³-hybridized carbons (Fsp3) is 0.0455. The minimum Gasteiger partial charge on any atom is -0.449 e. The van der Waals surface area contributed by atoms with Crippen molar-refractivity contribution in [3.63, 3.8) is 0 Å². The highest BCUT2D eigenvalue weighted by Crippen LogP contribution is 2.39. The number of esters is 1. The van der Waals surface area contributed by atoms with E-state index in [1.54, 1.807) is 0 Å². The van der Waals surface area contributed by atoms with Gasteiger partial charge in [0.2, 0.25) is 0 Å². The van der Waals surface area contributed by atoms with Crippen molar-refractivity contribution < 1.29 is 14.3 Å². The van der Waals surface area contributed by atoms with Crippen molar-refractivity contribution in [2.24, 2.45) is 0 Å². The third kappa shape index (κ3) is 3.28. The molecular formula is C22H15BrO3. The summed E-state index contributed by atoms with van der Waals surface area (Å²) in [6.07, 6.45) is -0.779. The second-order valence-corrected chi connectivity index (χ2v) is 6.76. The topological polar surface area (TPSA) is 35.5 Å². The summed E-state index contributed by atoms with van der Waals surface area (Å²) in [6.45, 7) is 0. The molecule has 3 nitrogen and oxygen atoms in total. The maximum Gasteiger partial charge on any atom is 0.345 e. The first kappa shape index (κ1) is 16.6. The van der Waals surface area contributed by atoms with Crippen LogP contribution in [0.4, 0.5) is 0 Å². The van der Waals surface area contributed by atoms with Crippen LogP contribution in [0.3, 0.4) is 0 Å². The van der Waals surface area contributed by atoms with Crippen molar-refractivity contribution in [1.82, 2.24) is 0 Å². The van der Waals surface area contributed by atoms with Gasteiger partial charge >= 0.3 is 5.97 Å². The van der Waals surface area contributed by atoms with Gasteiger partial charge in [0.1, 0.15) is 11.3 Å². The molecule has 1 atom stereocenters. The summed E-state index contributed by atoms with van der Waals surface area (Å²) in [5.41, 5.74) is 2.82. The number of cyclic esters (lactones) is 1. The van der Waals surface area contributed by atoms with Gasteiger partial charge in [0, 0.05) is 15.6 Å². The normalized spacial score (nSPS) is 16.8. The van der Waals surface area contributed by atoms with Gasteiger partial charge in [-0.2, -0.15) is 0 Å². The van der Waals surface area contributed by atoms with Gasteiger partial charge in [-0.15, -0.1) is 0 Å². The Bertz CT molecular complexity index is 948. The lowest BCUT2D eigenvalue weighted by atomic mass is 10.00. The molecule has 1 heterocycles. The molecule has 1 aliphatic rings. The summed E-state index contributed by atoms with van der Waals surface area (Å²) in [6, 6.07) is 26.6. The fourth-order valence-electron chi connectivity index (χ4n) is 2.85. The first-order valence-electron chi connectivity index (χ1n) is 8.20. The second-order valence-electron chi connectivity index (χ2n) is 5.84. The van der Waals surface area contributed by atoms with E-state index in [0.29, 0.717) is 11.3 Å². The van der Waals surface area contributed by atoms with Gasteiger partial charge < -0.3 is 9.47 Å². The lowest BCUT2D eigenvalue weighted by Gasteiger charge is -2.28. The first-order valence-corrected chi connectivity index (χ1v) is 9.00. The largest absolute Gasteiger partial charge is 0.449 e. The molecule has 0 radical (unpaired) electrons. The van der Waals surface area contributed by atoms with E-state index in [1.807, 2.05) is 84.9 Å². The molecule has 0 aliphatic carbocycles. The van der Waals surface area contributed by atoms with Crippen LogP contribution in [0.25, 0.3) is 11.3 Å². The predicted octanol–water partition coefficient (Wildman–Crippen LogP) is 5.59. The third-order valence-corrected chi connectivity index (χ3v) is 4.64. The Morgan fingerprint density at radius 2 is 1.27 bits per heavy atom. The second kappa shape index (κ2) is 7.18. The van der Waals surface area contributed by atoms with Crippen LogP contribution >= 0.6 is 15.9 Å². The summed E-state index contributed by atoms with van der Waals surface area (Å²) in [4.78, 5) is 12.9. The van der Waals surface area contributed by atoms with Gasteiger partial charge in [-0.25, -0.2) is 4.79 Å². The summed E-state index contributed by atoms with van der Waals surface area (Å²) in [5, 5.41) is 0. The van der Waals surface area contributed by atoms with Gasteiger partial charge in [-0.3, -0.25) is 0 Å². The lowest BCUT2D eigenvalue weighted by molar-refractivity contribution is -0.164. The van der Waals surface area contributed by atoms with Crippen LogP contribution in [0, 0.1) is 0 Å². The molecule has 0 N–H and O–H groups in total. The average molecular weight is 407 g/mol. The Morgan fingerprint density at radius 3 is 1.88 bits per heavy atom. The zero-order chi connectivity index (χ0) is 17.9. The van der Waals surface area contributed by atoms with Crippen LogP contribution in [-0.4, -0.2) is 5.97 Å². The van der Waals surface area contributed by atoms with Gasteiger partial charge in [-0.1, -0.05) is 88.7 Å². The Hall–Kier alpha value is -2.85. The molecule has 0 saturated carbocycles. The Kier molecular flexibility index (Phi) is 4.59. The fourth-order valence-corrected chi connectivity index (χ4v) is 3.11. The summed E-state index contributed by atoms with van der Waals surface area (Å²) in [5.74, 6) is 0.134. The van der Waals surface area contributed by atoms with E-state index >= 15 is 0 Å². The molecule has 1 unspecified atom stereocenters. The quantitative estimate of drug-likeness (QED) is 0.531. The lowest BCUT2D eigenvalue weighted by Crippen LogP contribution is -2.22. The monoisotopic (exact) mass is 406 g/mol. The van der Waals surface area contributed by atoms with E-state index in [4.69, 9.17) is 9.47 Å². The number of rotatable bonds is 3. The van der Waals surface area contributed by atoms with Crippen LogP contribution in [-0.2, 0) is 14.3 Å². The zero-order valence-corrected chi connectivity index (χ0v) is 15.3. The molecule has 128 valence electrons. The Morgan fingerprint density at radius 1 is 0.692 bits per heavy atom. The van der Waals surface area contributed by atoms with Crippen LogP contribution in [0.5, 0.6) is 0 Å². The van der Waals surface area contributed by atoms with Crippen LogP contribution < -0.4 is 0 Å². The molecule has 0 bridgehead atoms. The van der Waals surface area contributed by atoms with Crippen molar-refractivity contribution in [3.05, 3.63) is 106 Å². The molecule has 3 aromatic rings. The highest BCUT2D eigenvalue weighted by molar-refractivity contribution is 9.10. The minimum atomic E-state index is -0.779. The van der Waals surface area contributed by atoms with E-state index < -0.39 is 12.3 Å². The molecule has 26 heavy (non-hydrogen) atoms. The molecule has 4 rings (SSSR count). The molecule has 4 heteroatoms. The number of carbonyl (C=O) groups is 1. The van der Waals surface area contributed by atoms with E-state index in [2.05, 4.69) is 15.9 Å². The van der Waals surface area contributed by atoms with Gasteiger partial charge in [0.05, 0.1) is 0 Å². The number of carbonyl (C=O) groups excluding carboxylic acids is 1. The molecule has 3 aromatic carbocycles. The average Bonchev–Trinajstić information content (AvgIpc) is 2.69. The molecule has 0 aromatic heterocycles. The number of hydrogen-bond acceptors (Lipinski definition) is 3. The Labute approximate surface area is 160 Å². The highest BCUT2D eigenvalue weighted by Gasteiger charge is 2.33. The standard InChI is InChI=1S/C22H15BrO3/c23-18-13-11-17(12-14-18)22-25-20(16-9-5-2-6-10-16)19(21(24)26-22)15-7-3-1-4-8-15/h1-14,22H. The highest BCUT2D eigenvalue weighted by atomic mass is 79.9. The number of ether oxygens (including phenoxy) is 2. The SMILES string of the molecule is O=C1OC(c2ccc(Br)cc2)OC(c2ccccc2)=C1c1ccccc1. The smallest absolute Gasteiger partial charge is 0.345 e. The molecule has 1 aliphatic heterocycles. The summed E-state index contributed by atoms with van der Waals surface area (Å²) in [7, 11) is 0. The summed E-state index contributed by atoms with van der Waals surface area (Å²) < 4.78 is 12.7. The summed E-state index contributed by atoms with van der Waals surface area (Å²) >= 11 is 3.41. The van der Waals surface area contributed by atoms with Crippen molar-refractivity contribution in [2.45, 2.75) is 6.29 Å². The zero-order valence-electron chi connectivity index (χ0n) is 13.8.